The smallest absolute Gasteiger partial charge is 0.0984 e. The molecule has 0 bridgehead atoms. The van der Waals surface area contributed by atoms with Gasteiger partial charge in [0, 0.05) is 12.3 Å². The predicted octanol–water partition coefficient (Wildman–Crippen LogP) is 5.06. The van der Waals surface area contributed by atoms with Crippen LogP contribution < -0.4 is 0 Å². The molecule has 2 aromatic carbocycles. The van der Waals surface area contributed by atoms with E-state index < -0.39 is 7.14 Å². The molecular weight excluding hydrogens is 251 g/mol. The molecule has 1 unspecified atom stereocenters. The third kappa shape index (κ3) is 1.65. The first-order chi connectivity index (χ1) is 9.28. The quantitative estimate of drug-likeness (QED) is 0.660. The summed E-state index contributed by atoms with van der Waals surface area (Å²) in [5.74, 6) is 0. The lowest BCUT2D eigenvalue weighted by Crippen LogP contribution is -2.04. The first-order valence-electron chi connectivity index (χ1n) is 7.06. The Morgan fingerprint density at radius 1 is 1.00 bits per heavy atom. The van der Waals surface area contributed by atoms with Crippen molar-refractivity contribution in [1.82, 2.24) is 0 Å². The van der Waals surface area contributed by atoms with E-state index >= 15 is 0 Å². The molecule has 0 spiro atoms. The Labute approximate surface area is 113 Å². The van der Waals surface area contributed by atoms with Crippen molar-refractivity contribution in [3.8, 4) is 0 Å². The predicted molar refractivity (Wildman–Crippen MR) is 82.3 cm³/mol. The minimum Gasteiger partial charge on any atom is -0.323 e. The molecular formula is C17H17OP. The highest BCUT2D eigenvalue weighted by molar-refractivity contribution is 7.64. The molecule has 1 nitrogen and oxygen atoms in total. The van der Waals surface area contributed by atoms with Crippen LogP contribution in [0.2, 0.25) is 0 Å². The van der Waals surface area contributed by atoms with Gasteiger partial charge in [-0.15, -0.1) is 0 Å². The van der Waals surface area contributed by atoms with Crippen molar-refractivity contribution in [2.24, 2.45) is 0 Å². The summed E-state index contributed by atoms with van der Waals surface area (Å²) in [6.45, 7) is 0. The summed E-state index contributed by atoms with van der Waals surface area (Å²) < 4.78 is 13.2. The van der Waals surface area contributed by atoms with E-state index in [4.69, 9.17) is 0 Å². The summed E-state index contributed by atoms with van der Waals surface area (Å²) in [6, 6.07) is 12.9. The SMILES string of the molecule is O=P1(C2C=Cc3cccc4cccc2c34)CCCC1. The maximum absolute atomic E-state index is 13.2. The lowest BCUT2D eigenvalue weighted by molar-refractivity contribution is 0.575. The lowest BCUT2D eigenvalue weighted by Gasteiger charge is -2.26. The number of hydrogen-bond donors (Lipinski definition) is 0. The number of rotatable bonds is 1. The zero-order valence-corrected chi connectivity index (χ0v) is 11.8. The van der Waals surface area contributed by atoms with Gasteiger partial charge in [0.1, 0.15) is 0 Å². The van der Waals surface area contributed by atoms with Gasteiger partial charge in [-0.3, -0.25) is 0 Å². The van der Waals surface area contributed by atoms with E-state index in [2.05, 4.69) is 48.6 Å². The average Bonchev–Trinajstić information content (AvgIpc) is 2.88. The van der Waals surface area contributed by atoms with Gasteiger partial charge in [-0.05, 0) is 34.7 Å². The van der Waals surface area contributed by atoms with Crippen LogP contribution in [-0.4, -0.2) is 12.3 Å². The van der Waals surface area contributed by atoms with Crippen LogP contribution in [0.5, 0.6) is 0 Å². The fraction of sp³-hybridized carbons (Fsp3) is 0.294. The van der Waals surface area contributed by atoms with Gasteiger partial charge in [0.15, 0.2) is 0 Å². The van der Waals surface area contributed by atoms with E-state index in [-0.39, 0.29) is 5.66 Å². The lowest BCUT2D eigenvalue weighted by atomic mass is 9.93. The van der Waals surface area contributed by atoms with Crippen LogP contribution in [-0.2, 0) is 4.57 Å². The molecule has 96 valence electrons. The number of hydrogen-bond acceptors (Lipinski definition) is 1. The molecule has 1 heterocycles. The largest absolute Gasteiger partial charge is 0.323 e. The Kier molecular flexibility index (Phi) is 2.47. The maximum Gasteiger partial charge on any atom is 0.0984 e. The zero-order chi connectivity index (χ0) is 12.9. The summed E-state index contributed by atoms with van der Waals surface area (Å²) in [7, 11) is -2.05. The van der Waals surface area contributed by atoms with E-state index in [9.17, 15) is 4.57 Å². The number of benzene rings is 2. The van der Waals surface area contributed by atoms with Crippen LogP contribution in [0.25, 0.3) is 16.8 Å². The van der Waals surface area contributed by atoms with Crippen LogP contribution in [0.1, 0.15) is 29.6 Å². The van der Waals surface area contributed by atoms with Crippen LogP contribution in [0.4, 0.5) is 0 Å². The molecule has 1 atom stereocenters. The monoisotopic (exact) mass is 268 g/mol. The Morgan fingerprint density at radius 3 is 2.53 bits per heavy atom. The second-order valence-corrected chi connectivity index (χ2v) is 9.06. The highest BCUT2D eigenvalue weighted by Crippen LogP contribution is 2.65. The highest BCUT2D eigenvalue weighted by atomic mass is 31.2. The van der Waals surface area contributed by atoms with Crippen LogP contribution in [0, 0.1) is 0 Å². The van der Waals surface area contributed by atoms with E-state index in [1.165, 1.54) is 21.9 Å². The first-order valence-corrected chi connectivity index (χ1v) is 9.20. The molecule has 0 saturated carbocycles. The third-order valence-corrected chi connectivity index (χ3v) is 8.19. The second-order valence-electron chi connectivity index (χ2n) is 5.70. The van der Waals surface area contributed by atoms with Gasteiger partial charge < -0.3 is 4.57 Å². The van der Waals surface area contributed by atoms with E-state index in [1.54, 1.807) is 0 Å². The van der Waals surface area contributed by atoms with Gasteiger partial charge in [-0.25, -0.2) is 0 Å². The molecule has 0 radical (unpaired) electrons. The molecule has 2 heteroatoms. The number of allylic oxidation sites excluding steroid dienone is 1. The summed E-state index contributed by atoms with van der Waals surface area (Å²) in [4.78, 5) is 0. The molecule has 4 rings (SSSR count). The molecule has 1 aliphatic heterocycles. The van der Waals surface area contributed by atoms with Gasteiger partial charge in [-0.2, -0.15) is 0 Å². The normalized spacial score (nSPS) is 23.9. The van der Waals surface area contributed by atoms with Crippen molar-refractivity contribution in [3.05, 3.63) is 53.6 Å². The summed E-state index contributed by atoms with van der Waals surface area (Å²) in [5, 5.41) is 2.59. The molecule has 1 aliphatic carbocycles. The van der Waals surface area contributed by atoms with Gasteiger partial charge >= 0.3 is 0 Å². The molecule has 2 aliphatic rings. The van der Waals surface area contributed by atoms with Crippen molar-refractivity contribution < 1.29 is 4.57 Å². The van der Waals surface area contributed by atoms with Crippen molar-refractivity contribution >= 4 is 24.0 Å². The zero-order valence-electron chi connectivity index (χ0n) is 10.9. The standard InChI is InChI=1S/C17H17OP/c18-19(11-1-2-12-19)16-10-9-14-6-3-5-13-7-4-8-15(16)17(13)14/h3-10,16H,1-2,11-12H2. The molecule has 1 fully saturated rings. The summed E-state index contributed by atoms with van der Waals surface area (Å²) in [5.41, 5.74) is 2.73. The van der Waals surface area contributed by atoms with Crippen molar-refractivity contribution in [2.75, 3.05) is 12.3 Å². The van der Waals surface area contributed by atoms with Crippen molar-refractivity contribution in [2.45, 2.75) is 18.5 Å². The van der Waals surface area contributed by atoms with Gasteiger partial charge in [0.05, 0.1) is 12.8 Å². The topological polar surface area (TPSA) is 17.1 Å². The van der Waals surface area contributed by atoms with E-state index in [1.807, 2.05) is 0 Å². The van der Waals surface area contributed by atoms with Crippen molar-refractivity contribution in [3.63, 3.8) is 0 Å². The third-order valence-electron chi connectivity index (χ3n) is 4.58. The molecule has 1 saturated heterocycles. The van der Waals surface area contributed by atoms with Crippen molar-refractivity contribution in [1.29, 1.82) is 0 Å². The molecule has 0 N–H and O–H groups in total. The summed E-state index contributed by atoms with van der Waals surface area (Å²) in [6.07, 6.45) is 8.51. The first kappa shape index (κ1) is 11.5. The van der Waals surface area contributed by atoms with E-state index in [0.29, 0.717) is 0 Å². The molecule has 0 aromatic heterocycles. The van der Waals surface area contributed by atoms with Crippen LogP contribution >= 0.6 is 7.14 Å². The fourth-order valence-corrected chi connectivity index (χ4v) is 7.06. The second kappa shape index (κ2) is 4.08. The Bertz CT molecular complexity index is 714. The summed E-state index contributed by atoms with van der Waals surface area (Å²) >= 11 is 0. The van der Waals surface area contributed by atoms with Gasteiger partial charge in [0.25, 0.3) is 0 Å². The van der Waals surface area contributed by atoms with Gasteiger partial charge in [-0.1, -0.05) is 48.6 Å². The maximum atomic E-state index is 13.2. The Hall–Kier alpha value is -1.33. The fourth-order valence-electron chi connectivity index (χ4n) is 3.64. The Balaban J connectivity index is 1.98. The van der Waals surface area contributed by atoms with E-state index in [0.717, 1.165) is 25.2 Å². The highest BCUT2D eigenvalue weighted by Gasteiger charge is 2.37. The molecule has 2 aromatic rings. The molecule has 19 heavy (non-hydrogen) atoms. The molecule has 0 amide bonds. The minimum absolute atomic E-state index is 0.161. The minimum atomic E-state index is -2.05. The Morgan fingerprint density at radius 2 is 1.74 bits per heavy atom. The average molecular weight is 268 g/mol. The van der Waals surface area contributed by atoms with Gasteiger partial charge in [0.2, 0.25) is 0 Å². The van der Waals surface area contributed by atoms with Crippen LogP contribution in [0.15, 0.2) is 42.5 Å². The van der Waals surface area contributed by atoms with Crippen LogP contribution in [0.3, 0.4) is 0 Å².